The first kappa shape index (κ1) is 31.0. The Hall–Kier alpha value is -4.52. The number of hydrogen-bond acceptors (Lipinski definition) is 9. The van der Waals surface area contributed by atoms with Gasteiger partial charge in [-0.15, -0.1) is 0 Å². The van der Waals surface area contributed by atoms with Crippen LogP contribution in [0.15, 0.2) is 51.7 Å². The van der Waals surface area contributed by atoms with Gasteiger partial charge in [0.05, 0.1) is 32.7 Å². The van der Waals surface area contributed by atoms with Crippen molar-refractivity contribution in [3.05, 3.63) is 69.6 Å². The van der Waals surface area contributed by atoms with Crippen molar-refractivity contribution >= 4 is 46.4 Å². The Morgan fingerprint density at radius 2 is 1.71 bits per heavy atom. The summed E-state index contributed by atoms with van der Waals surface area (Å²) in [5, 5.41) is 16.5. The third-order valence-corrected chi connectivity index (χ3v) is 7.15. The van der Waals surface area contributed by atoms with E-state index in [2.05, 4.69) is 16.0 Å². The van der Waals surface area contributed by atoms with Crippen molar-refractivity contribution in [1.29, 1.82) is 0 Å². The molecule has 4 N–H and O–H groups in total. The van der Waals surface area contributed by atoms with Crippen molar-refractivity contribution in [3.63, 3.8) is 0 Å². The summed E-state index contributed by atoms with van der Waals surface area (Å²) in [4.78, 5) is 61.4. The van der Waals surface area contributed by atoms with Gasteiger partial charge >= 0.3 is 11.6 Å². The molecule has 1 heterocycles. The van der Waals surface area contributed by atoms with Crippen LogP contribution in [0.1, 0.15) is 16.7 Å². The van der Waals surface area contributed by atoms with Crippen molar-refractivity contribution in [1.82, 2.24) is 16.0 Å². The van der Waals surface area contributed by atoms with Crippen LogP contribution in [0.25, 0.3) is 11.0 Å². The predicted molar refractivity (Wildman–Crippen MR) is 152 cm³/mol. The number of carboxylic acid groups (broad SMARTS) is 1. The average Bonchev–Trinajstić information content (AvgIpc) is 2.96. The van der Waals surface area contributed by atoms with Crippen LogP contribution in [0.3, 0.4) is 0 Å². The van der Waals surface area contributed by atoms with Gasteiger partial charge in [0, 0.05) is 16.9 Å². The number of carboxylic acids is 1. The molecule has 12 nitrogen and oxygen atoms in total. The van der Waals surface area contributed by atoms with Gasteiger partial charge < -0.3 is 34.9 Å². The van der Waals surface area contributed by atoms with E-state index in [1.165, 1.54) is 26.0 Å². The molecule has 3 rings (SSSR count). The van der Waals surface area contributed by atoms with Gasteiger partial charge in [-0.05, 0) is 30.2 Å². The topological polar surface area (TPSA) is 173 Å². The number of nitrogens with one attached hydrogen (secondary N) is 3. The molecule has 218 valence electrons. The summed E-state index contributed by atoms with van der Waals surface area (Å²) in [6.07, 6.45) is -0.356. The van der Waals surface area contributed by atoms with Gasteiger partial charge in [-0.2, -0.15) is 11.8 Å². The molecule has 13 heteroatoms. The Morgan fingerprint density at radius 3 is 2.37 bits per heavy atom. The fourth-order valence-electron chi connectivity index (χ4n) is 3.95. The summed E-state index contributed by atoms with van der Waals surface area (Å²) < 4.78 is 16.1. The number of methoxy groups -OCH3 is 2. The molecule has 0 fully saturated rings. The minimum atomic E-state index is -1.22. The minimum absolute atomic E-state index is 0.117. The van der Waals surface area contributed by atoms with Gasteiger partial charge in [0.2, 0.25) is 23.5 Å². The third kappa shape index (κ3) is 8.48. The number of carbonyl (C=O) groups excluding carboxylic acids is 3. The van der Waals surface area contributed by atoms with Crippen LogP contribution in [-0.4, -0.2) is 67.9 Å². The van der Waals surface area contributed by atoms with Gasteiger partial charge in [-0.3, -0.25) is 19.2 Å². The summed E-state index contributed by atoms with van der Waals surface area (Å²) in [6.45, 7) is 0.623. The van der Waals surface area contributed by atoms with E-state index in [1.54, 1.807) is 19.1 Å². The summed E-state index contributed by atoms with van der Waals surface area (Å²) >= 11 is 1.40. The van der Waals surface area contributed by atoms with Crippen LogP contribution in [0.2, 0.25) is 0 Å². The number of hydrogen-bond donors (Lipinski definition) is 4. The number of benzene rings is 2. The molecule has 0 bridgehead atoms. The number of aryl methyl sites for hydroxylation is 1. The highest BCUT2D eigenvalue weighted by Gasteiger charge is 2.24. The zero-order chi connectivity index (χ0) is 29.9. The van der Waals surface area contributed by atoms with E-state index in [-0.39, 0.29) is 29.1 Å². The number of aliphatic carboxylic acids is 1. The molecule has 41 heavy (non-hydrogen) atoms. The van der Waals surface area contributed by atoms with Crippen molar-refractivity contribution in [2.45, 2.75) is 25.1 Å². The summed E-state index contributed by atoms with van der Waals surface area (Å²) in [6, 6.07) is 11.8. The maximum Gasteiger partial charge on any atom is 0.340 e. The average molecular weight is 586 g/mol. The van der Waals surface area contributed by atoms with E-state index in [0.717, 1.165) is 5.56 Å². The highest BCUT2D eigenvalue weighted by molar-refractivity contribution is 7.98. The molecule has 0 radical (unpaired) electrons. The SMILES string of the molecule is COc1ccc2c(C)c(CC(=O)NC(CSCc3ccccc3)C(=O)NCC(=O)NCC(=O)O)c(=O)oc2c1OC. The monoisotopic (exact) mass is 585 g/mol. The first-order valence-electron chi connectivity index (χ1n) is 12.5. The number of ether oxygens (including phenoxy) is 2. The molecule has 1 aromatic heterocycles. The Balaban J connectivity index is 1.75. The maximum atomic E-state index is 13.1. The lowest BCUT2D eigenvalue weighted by molar-refractivity contribution is -0.138. The molecule has 0 aliphatic heterocycles. The molecule has 0 saturated heterocycles. The van der Waals surface area contributed by atoms with Gasteiger partial charge in [0.15, 0.2) is 11.3 Å². The first-order valence-corrected chi connectivity index (χ1v) is 13.6. The van der Waals surface area contributed by atoms with E-state index in [9.17, 15) is 24.0 Å². The Kier molecular flexibility index (Phi) is 11.2. The highest BCUT2D eigenvalue weighted by Crippen LogP contribution is 2.36. The lowest BCUT2D eigenvalue weighted by atomic mass is 10.0. The Bertz CT molecular complexity index is 1470. The van der Waals surface area contributed by atoms with E-state index in [0.29, 0.717) is 22.5 Å². The number of carbonyl (C=O) groups is 4. The largest absolute Gasteiger partial charge is 0.493 e. The maximum absolute atomic E-state index is 13.1. The minimum Gasteiger partial charge on any atom is -0.493 e. The number of rotatable bonds is 14. The van der Waals surface area contributed by atoms with E-state index in [4.69, 9.17) is 19.0 Å². The molecule has 0 aliphatic rings. The van der Waals surface area contributed by atoms with Crippen LogP contribution in [-0.2, 0) is 31.4 Å². The molecule has 3 aromatic rings. The fourth-order valence-corrected chi connectivity index (χ4v) is 4.97. The first-order chi connectivity index (χ1) is 19.6. The van der Waals surface area contributed by atoms with E-state index in [1.807, 2.05) is 30.3 Å². The van der Waals surface area contributed by atoms with Gasteiger partial charge in [0.1, 0.15) is 12.6 Å². The quantitative estimate of drug-likeness (QED) is 0.203. The zero-order valence-electron chi connectivity index (χ0n) is 22.8. The summed E-state index contributed by atoms with van der Waals surface area (Å²) in [5.74, 6) is -1.78. The lowest BCUT2D eigenvalue weighted by Crippen LogP contribution is -2.51. The number of amides is 3. The molecule has 2 aromatic carbocycles. The zero-order valence-corrected chi connectivity index (χ0v) is 23.6. The smallest absolute Gasteiger partial charge is 0.340 e. The second kappa shape index (κ2) is 14.7. The van der Waals surface area contributed by atoms with Crippen LogP contribution >= 0.6 is 11.8 Å². The normalized spacial score (nSPS) is 11.4. The molecule has 0 aliphatic carbocycles. The van der Waals surface area contributed by atoms with Gasteiger partial charge in [-0.1, -0.05) is 30.3 Å². The predicted octanol–water partition coefficient (Wildman–Crippen LogP) is 1.40. The Morgan fingerprint density at radius 1 is 0.976 bits per heavy atom. The number of fused-ring (bicyclic) bond motifs is 1. The third-order valence-electron chi connectivity index (χ3n) is 6.04. The molecule has 1 atom stereocenters. The van der Waals surface area contributed by atoms with E-state index < -0.39 is 48.4 Å². The molecule has 0 saturated carbocycles. The molecule has 0 spiro atoms. The van der Waals surface area contributed by atoms with Gasteiger partial charge in [0.25, 0.3) is 0 Å². The molecular weight excluding hydrogens is 554 g/mol. The molecule has 1 unspecified atom stereocenters. The van der Waals surface area contributed by atoms with Crippen molar-refractivity contribution in [2.24, 2.45) is 0 Å². The fraction of sp³-hybridized carbons (Fsp3) is 0.321. The Labute approximate surface area is 239 Å². The lowest BCUT2D eigenvalue weighted by Gasteiger charge is -2.19. The number of thioether (sulfide) groups is 1. The second-order valence-electron chi connectivity index (χ2n) is 8.86. The molecule has 3 amide bonds. The van der Waals surface area contributed by atoms with Gasteiger partial charge in [-0.25, -0.2) is 4.79 Å². The van der Waals surface area contributed by atoms with Crippen molar-refractivity contribution in [2.75, 3.05) is 33.1 Å². The van der Waals surface area contributed by atoms with Crippen molar-refractivity contribution < 1.29 is 38.2 Å². The summed E-state index contributed by atoms with van der Waals surface area (Å²) in [5.41, 5.74) is 1.11. The van der Waals surface area contributed by atoms with Crippen LogP contribution in [0.4, 0.5) is 0 Å². The van der Waals surface area contributed by atoms with E-state index >= 15 is 0 Å². The summed E-state index contributed by atoms with van der Waals surface area (Å²) in [7, 11) is 2.88. The molecular formula is C28H31N3O9S. The van der Waals surface area contributed by atoms with Crippen LogP contribution < -0.4 is 31.0 Å². The van der Waals surface area contributed by atoms with Crippen LogP contribution in [0.5, 0.6) is 11.5 Å². The standard InChI is InChI=1S/C28H31N3O9S/c1-16-18-9-10-21(38-2)26(39-3)25(18)40-28(37)19(16)11-22(32)31-20(15-41-14-17-7-5-4-6-8-17)27(36)30-12-23(33)29-13-24(34)35/h4-10,20H,11-15H2,1-3H3,(H,29,33)(H,30,36)(H,31,32)(H,34,35). The second-order valence-corrected chi connectivity index (χ2v) is 9.89. The van der Waals surface area contributed by atoms with Crippen LogP contribution in [0, 0.1) is 6.92 Å². The highest BCUT2D eigenvalue weighted by atomic mass is 32.2. The van der Waals surface area contributed by atoms with Crippen molar-refractivity contribution in [3.8, 4) is 11.5 Å².